The summed E-state index contributed by atoms with van der Waals surface area (Å²) in [4.78, 5) is 14.7. The molecule has 3 rings (SSSR count). The van der Waals surface area contributed by atoms with Crippen LogP contribution in [0.2, 0.25) is 0 Å². The zero-order valence-corrected chi connectivity index (χ0v) is 17.6. The lowest BCUT2D eigenvalue weighted by molar-refractivity contribution is -0.118. The van der Waals surface area contributed by atoms with Gasteiger partial charge in [0.25, 0.3) is 5.91 Å². The fourth-order valence-corrected chi connectivity index (χ4v) is 3.73. The van der Waals surface area contributed by atoms with E-state index in [0.717, 1.165) is 34.6 Å². The molecule has 2 aromatic carbocycles. The van der Waals surface area contributed by atoms with Crippen molar-refractivity contribution in [2.75, 3.05) is 29.9 Å². The highest BCUT2D eigenvalue weighted by Crippen LogP contribution is 2.29. The van der Waals surface area contributed by atoms with Crippen LogP contribution in [0.5, 0.6) is 5.75 Å². The molecule has 1 heterocycles. The third-order valence-electron chi connectivity index (χ3n) is 4.82. The molecule has 0 aliphatic carbocycles. The quantitative estimate of drug-likeness (QED) is 0.649. The van der Waals surface area contributed by atoms with Crippen LogP contribution in [0, 0.1) is 0 Å². The number of anilines is 2. The number of amides is 1. The summed E-state index contributed by atoms with van der Waals surface area (Å²) < 4.78 is 6.78. The Morgan fingerprint density at radius 1 is 1.11 bits per heavy atom. The van der Waals surface area contributed by atoms with Gasteiger partial charge in [-0.3, -0.25) is 4.79 Å². The molecule has 27 heavy (non-hydrogen) atoms. The number of carbonyl (C=O) groups excluding carboxylic acids is 1. The molecule has 144 valence electrons. The summed E-state index contributed by atoms with van der Waals surface area (Å²) in [5.74, 6) is 0.921. The lowest BCUT2D eigenvalue weighted by Gasteiger charge is -2.28. The maximum Gasteiger partial charge on any atom is 0.262 e. The van der Waals surface area contributed by atoms with Crippen molar-refractivity contribution in [3.63, 3.8) is 0 Å². The molecule has 1 N–H and O–H groups in total. The van der Waals surface area contributed by atoms with Gasteiger partial charge in [0, 0.05) is 28.9 Å². The standard InChI is InChI=1S/C22H27BrN2O2/c1-16(2)20-14-17(23)6-11-21(20)27-15-22(26)24-18-7-9-19(10-8-18)25-12-4-3-5-13-25/h6-11,14,16H,3-5,12-13,15H2,1-2H3,(H,24,26). The van der Waals surface area contributed by atoms with Gasteiger partial charge in [-0.15, -0.1) is 0 Å². The van der Waals surface area contributed by atoms with Gasteiger partial charge in [-0.1, -0.05) is 29.8 Å². The fourth-order valence-electron chi connectivity index (χ4n) is 3.35. The monoisotopic (exact) mass is 430 g/mol. The minimum absolute atomic E-state index is 0.00473. The van der Waals surface area contributed by atoms with Crippen LogP contribution in [-0.2, 0) is 4.79 Å². The molecule has 1 fully saturated rings. The number of halogens is 1. The Hall–Kier alpha value is -2.01. The van der Waals surface area contributed by atoms with Crippen LogP contribution in [0.3, 0.4) is 0 Å². The third-order valence-corrected chi connectivity index (χ3v) is 5.32. The van der Waals surface area contributed by atoms with E-state index in [1.807, 2.05) is 30.3 Å². The minimum atomic E-state index is -0.154. The normalized spacial score (nSPS) is 14.3. The van der Waals surface area contributed by atoms with E-state index in [1.54, 1.807) is 0 Å². The van der Waals surface area contributed by atoms with Crippen LogP contribution < -0.4 is 15.0 Å². The Morgan fingerprint density at radius 2 is 1.81 bits per heavy atom. The average molecular weight is 431 g/mol. The van der Waals surface area contributed by atoms with Crippen molar-refractivity contribution < 1.29 is 9.53 Å². The zero-order chi connectivity index (χ0) is 19.2. The Bertz CT molecular complexity index is 768. The van der Waals surface area contributed by atoms with Gasteiger partial charge in [0.1, 0.15) is 5.75 Å². The first-order valence-corrected chi connectivity index (χ1v) is 10.4. The Labute approximate surface area is 170 Å². The summed E-state index contributed by atoms with van der Waals surface area (Å²) in [5.41, 5.74) is 3.10. The number of carbonyl (C=O) groups is 1. The van der Waals surface area contributed by atoms with E-state index in [-0.39, 0.29) is 12.5 Å². The largest absolute Gasteiger partial charge is 0.483 e. The molecule has 5 heteroatoms. The number of nitrogens with one attached hydrogen (secondary N) is 1. The van der Waals surface area contributed by atoms with E-state index in [4.69, 9.17) is 4.74 Å². The van der Waals surface area contributed by atoms with Crippen molar-refractivity contribution in [1.29, 1.82) is 0 Å². The molecule has 0 unspecified atom stereocenters. The number of hydrogen-bond acceptors (Lipinski definition) is 3. The van der Waals surface area contributed by atoms with Gasteiger partial charge in [0.15, 0.2) is 6.61 Å². The zero-order valence-electron chi connectivity index (χ0n) is 16.0. The topological polar surface area (TPSA) is 41.6 Å². The molecule has 1 aliphatic rings. The first-order valence-electron chi connectivity index (χ1n) is 9.60. The van der Waals surface area contributed by atoms with Crippen LogP contribution in [0.1, 0.15) is 44.6 Å². The predicted molar refractivity (Wildman–Crippen MR) is 115 cm³/mol. The smallest absolute Gasteiger partial charge is 0.262 e. The number of nitrogens with zero attached hydrogens (tertiary/aromatic N) is 1. The van der Waals surface area contributed by atoms with Crippen molar-refractivity contribution in [3.05, 3.63) is 52.5 Å². The third kappa shape index (κ3) is 5.48. The molecule has 2 aromatic rings. The SMILES string of the molecule is CC(C)c1cc(Br)ccc1OCC(=O)Nc1ccc(N2CCCCC2)cc1. The van der Waals surface area contributed by atoms with Crippen LogP contribution >= 0.6 is 15.9 Å². The van der Waals surface area contributed by atoms with E-state index in [1.165, 1.54) is 24.9 Å². The van der Waals surface area contributed by atoms with Crippen LogP contribution in [-0.4, -0.2) is 25.6 Å². The van der Waals surface area contributed by atoms with E-state index in [2.05, 4.69) is 52.1 Å². The molecule has 0 bridgehead atoms. The van der Waals surface area contributed by atoms with Crippen LogP contribution in [0.4, 0.5) is 11.4 Å². The van der Waals surface area contributed by atoms with Crippen molar-refractivity contribution in [1.82, 2.24) is 0 Å². The van der Waals surface area contributed by atoms with Crippen LogP contribution in [0.15, 0.2) is 46.9 Å². The Balaban J connectivity index is 1.55. The van der Waals surface area contributed by atoms with Gasteiger partial charge in [-0.2, -0.15) is 0 Å². The first kappa shape index (κ1) is 19.7. The summed E-state index contributed by atoms with van der Waals surface area (Å²) in [6, 6.07) is 13.9. The van der Waals surface area contributed by atoms with Gasteiger partial charge < -0.3 is 15.0 Å². The molecule has 4 nitrogen and oxygen atoms in total. The van der Waals surface area contributed by atoms with Crippen molar-refractivity contribution in [2.24, 2.45) is 0 Å². The molecule has 0 radical (unpaired) electrons. The summed E-state index contributed by atoms with van der Waals surface area (Å²) in [6.45, 7) is 6.45. The maximum atomic E-state index is 12.3. The number of rotatable bonds is 6. The second-order valence-corrected chi connectivity index (χ2v) is 8.18. The minimum Gasteiger partial charge on any atom is -0.483 e. The molecule has 0 spiro atoms. The van der Waals surface area contributed by atoms with Gasteiger partial charge in [0.2, 0.25) is 0 Å². The van der Waals surface area contributed by atoms with Crippen LogP contribution in [0.25, 0.3) is 0 Å². The second-order valence-electron chi connectivity index (χ2n) is 7.27. The predicted octanol–water partition coefficient (Wildman–Crippen LogP) is 5.58. The van der Waals surface area contributed by atoms with E-state index in [0.29, 0.717) is 5.92 Å². The molecule has 1 aliphatic heterocycles. The highest BCUT2D eigenvalue weighted by atomic mass is 79.9. The number of benzene rings is 2. The van der Waals surface area contributed by atoms with E-state index in [9.17, 15) is 4.79 Å². The molecule has 1 saturated heterocycles. The molecular formula is C22H27BrN2O2. The number of ether oxygens (including phenoxy) is 1. The fraction of sp³-hybridized carbons (Fsp3) is 0.409. The molecule has 0 aromatic heterocycles. The van der Waals surface area contributed by atoms with Crippen molar-refractivity contribution in [3.8, 4) is 5.75 Å². The lowest BCUT2D eigenvalue weighted by Crippen LogP contribution is -2.29. The first-order chi connectivity index (χ1) is 13.0. The van der Waals surface area contributed by atoms with Crippen molar-refractivity contribution in [2.45, 2.75) is 39.0 Å². The van der Waals surface area contributed by atoms with Gasteiger partial charge in [0.05, 0.1) is 0 Å². The second kappa shape index (κ2) is 9.27. The summed E-state index contributed by atoms with van der Waals surface area (Å²) in [5, 5.41) is 2.91. The van der Waals surface area contributed by atoms with E-state index < -0.39 is 0 Å². The lowest BCUT2D eigenvalue weighted by atomic mass is 10.0. The molecule has 1 amide bonds. The van der Waals surface area contributed by atoms with E-state index >= 15 is 0 Å². The molecular weight excluding hydrogens is 404 g/mol. The van der Waals surface area contributed by atoms with Gasteiger partial charge in [-0.05, 0) is 73.2 Å². The summed E-state index contributed by atoms with van der Waals surface area (Å²) >= 11 is 3.49. The molecule has 0 saturated carbocycles. The molecule has 0 atom stereocenters. The summed E-state index contributed by atoms with van der Waals surface area (Å²) in [6.07, 6.45) is 3.83. The van der Waals surface area contributed by atoms with Gasteiger partial charge in [-0.25, -0.2) is 0 Å². The van der Waals surface area contributed by atoms with Gasteiger partial charge >= 0.3 is 0 Å². The summed E-state index contributed by atoms with van der Waals surface area (Å²) in [7, 11) is 0. The Kier molecular flexibility index (Phi) is 6.78. The average Bonchev–Trinajstić information content (AvgIpc) is 2.68. The highest BCUT2D eigenvalue weighted by molar-refractivity contribution is 9.10. The number of hydrogen-bond donors (Lipinski definition) is 1. The Morgan fingerprint density at radius 3 is 2.48 bits per heavy atom. The highest BCUT2D eigenvalue weighted by Gasteiger charge is 2.12. The maximum absolute atomic E-state index is 12.3. The van der Waals surface area contributed by atoms with Crippen molar-refractivity contribution >= 4 is 33.2 Å². The number of piperidine rings is 1.